The van der Waals surface area contributed by atoms with E-state index in [4.69, 9.17) is 27.9 Å². The molecule has 0 N–H and O–H groups in total. The number of likely N-dealkylation sites (tertiary alicyclic amines) is 1. The molecule has 1 amide bonds. The molecule has 3 nitrogen and oxygen atoms in total. The minimum absolute atomic E-state index is 0.117. The Kier molecular flexibility index (Phi) is 11.7. The van der Waals surface area contributed by atoms with Gasteiger partial charge in [0.2, 0.25) is 0 Å². The zero-order valence-corrected chi connectivity index (χ0v) is 30.3. The fourth-order valence-electron chi connectivity index (χ4n) is 7.00. The number of hydrogen-bond acceptors (Lipinski definition) is 2. The molecule has 0 radical (unpaired) electrons. The molecule has 45 heavy (non-hydrogen) atoms. The quantitative estimate of drug-likeness (QED) is 0.202. The summed E-state index contributed by atoms with van der Waals surface area (Å²) in [5.41, 5.74) is 5.40. The zero-order chi connectivity index (χ0) is 31.9. The Labute approximate surface area is 294 Å². The van der Waals surface area contributed by atoms with Crippen molar-refractivity contribution in [2.45, 2.75) is 62.7 Å². The molecule has 2 aliphatic rings. The maximum Gasteiger partial charge on any atom is 0.409 e. The van der Waals surface area contributed by atoms with Gasteiger partial charge in [-0.25, -0.2) is 4.79 Å². The fourth-order valence-corrected chi connectivity index (χ4v) is 7.79. The van der Waals surface area contributed by atoms with E-state index in [2.05, 4.69) is 105 Å². The Morgan fingerprint density at radius 3 is 1.36 bits per heavy atom. The SMILES string of the molecule is CCOC(=O)N1CCC(c2ccc(Cl)cc2)(c2ccc(Br)cc2)CC1.Clc1ccc(C2(c3ccc(Br)cc3)CCCCC2)cc1. The molecule has 0 bridgehead atoms. The fraction of sp³-hybridized carbons (Fsp3) is 0.342. The topological polar surface area (TPSA) is 29.5 Å². The molecule has 2 fully saturated rings. The molecule has 1 aliphatic heterocycles. The van der Waals surface area contributed by atoms with Gasteiger partial charge in [-0.2, -0.15) is 0 Å². The average molecular weight is 772 g/mol. The molecule has 1 saturated heterocycles. The van der Waals surface area contributed by atoms with Gasteiger partial charge in [-0.05, 0) is 103 Å². The second-order valence-electron chi connectivity index (χ2n) is 11.9. The van der Waals surface area contributed by atoms with Crippen LogP contribution < -0.4 is 0 Å². The lowest BCUT2D eigenvalue weighted by atomic mass is 9.65. The highest BCUT2D eigenvalue weighted by Crippen LogP contribution is 2.45. The Bertz CT molecular complexity index is 1430. The van der Waals surface area contributed by atoms with Crippen LogP contribution in [0.5, 0.6) is 0 Å². The normalized spacial score (nSPS) is 17.1. The molecule has 0 aromatic heterocycles. The van der Waals surface area contributed by atoms with E-state index in [1.165, 1.54) is 54.4 Å². The van der Waals surface area contributed by atoms with E-state index in [0.29, 0.717) is 19.7 Å². The smallest absolute Gasteiger partial charge is 0.409 e. The molecule has 0 spiro atoms. The first-order valence-corrected chi connectivity index (χ1v) is 18.1. The van der Waals surface area contributed by atoms with Gasteiger partial charge >= 0.3 is 6.09 Å². The number of rotatable bonds is 5. The Hall–Kier alpha value is -2.31. The van der Waals surface area contributed by atoms with Gasteiger partial charge in [-0.1, -0.05) is 123 Å². The molecule has 236 valence electrons. The summed E-state index contributed by atoms with van der Waals surface area (Å²) in [6, 6.07) is 33.9. The summed E-state index contributed by atoms with van der Waals surface area (Å²) in [7, 11) is 0. The number of piperidine rings is 1. The van der Waals surface area contributed by atoms with E-state index in [9.17, 15) is 4.79 Å². The third kappa shape index (κ3) is 7.99. The van der Waals surface area contributed by atoms with Gasteiger partial charge in [0.05, 0.1) is 6.61 Å². The van der Waals surface area contributed by atoms with Crippen molar-refractivity contribution in [1.29, 1.82) is 0 Å². The number of halogens is 4. The first kappa shape index (κ1) is 34.0. The highest BCUT2D eigenvalue weighted by molar-refractivity contribution is 9.10. The van der Waals surface area contributed by atoms with E-state index >= 15 is 0 Å². The molecular formula is C38H39Br2Cl2NO2. The number of amides is 1. The molecule has 0 atom stereocenters. The van der Waals surface area contributed by atoms with E-state index < -0.39 is 0 Å². The van der Waals surface area contributed by atoms with E-state index in [1.807, 2.05) is 31.2 Å². The second kappa shape index (κ2) is 15.5. The van der Waals surface area contributed by atoms with Crippen LogP contribution in [0.4, 0.5) is 4.79 Å². The standard InChI is InChI=1S/C20H21BrClNO2.C18H18BrCl/c1-2-25-19(24)23-13-11-20(12-14-23,15-3-7-17(21)8-4-15)16-5-9-18(22)10-6-16;19-16-8-4-14(5-9-16)18(12-2-1-3-13-18)15-6-10-17(20)11-7-15/h3-10H,2,11-14H2,1H3;4-11H,1-3,12-13H2. The molecule has 1 heterocycles. The summed E-state index contributed by atoms with van der Waals surface area (Å²) >= 11 is 19.2. The molecule has 4 aromatic carbocycles. The minimum Gasteiger partial charge on any atom is -0.450 e. The maximum absolute atomic E-state index is 12.1. The lowest BCUT2D eigenvalue weighted by molar-refractivity contribution is 0.0907. The van der Waals surface area contributed by atoms with Crippen LogP contribution in [0.15, 0.2) is 106 Å². The number of ether oxygens (including phenoxy) is 1. The highest BCUT2D eigenvalue weighted by Gasteiger charge is 2.39. The van der Waals surface area contributed by atoms with Crippen molar-refractivity contribution in [3.05, 3.63) is 138 Å². The molecule has 1 aliphatic carbocycles. The van der Waals surface area contributed by atoms with Crippen LogP contribution >= 0.6 is 55.1 Å². The summed E-state index contributed by atoms with van der Waals surface area (Å²) in [6.45, 7) is 3.60. The second-order valence-corrected chi connectivity index (χ2v) is 14.6. The molecule has 4 aromatic rings. The minimum atomic E-state index is -0.219. The van der Waals surface area contributed by atoms with E-state index in [-0.39, 0.29) is 16.9 Å². The van der Waals surface area contributed by atoms with Gasteiger partial charge in [0.25, 0.3) is 0 Å². The van der Waals surface area contributed by atoms with Crippen molar-refractivity contribution in [1.82, 2.24) is 4.90 Å². The summed E-state index contributed by atoms with van der Waals surface area (Å²) in [5, 5.41) is 1.55. The molecule has 1 saturated carbocycles. The number of hydrogen-bond donors (Lipinski definition) is 0. The van der Waals surface area contributed by atoms with Gasteiger partial charge in [0.1, 0.15) is 0 Å². The van der Waals surface area contributed by atoms with Gasteiger partial charge in [-0.15, -0.1) is 0 Å². The number of nitrogens with zero attached hydrogens (tertiary/aromatic N) is 1. The van der Waals surface area contributed by atoms with Crippen molar-refractivity contribution < 1.29 is 9.53 Å². The number of benzene rings is 4. The predicted molar refractivity (Wildman–Crippen MR) is 194 cm³/mol. The van der Waals surface area contributed by atoms with Crippen molar-refractivity contribution >= 4 is 61.2 Å². The lowest BCUT2D eigenvalue weighted by Crippen LogP contribution is -2.46. The van der Waals surface area contributed by atoms with E-state index in [0.717, 1.165) is 31.8 Å². The summed E-state index contributed by atoms with van der Waals surface area (Å²) < 4.78 is 7.36. The third-order valence-corrected chi connectivity index (χ3v) is 11.0. The molecule has 0 unspecified atom stereocenters. The summed E-state index contributed by atoms with van der Waals surface area (Å²) in [6.07, 6.45) is 7.92. The monoisotopic (exact) mass is 769 g/mol. The van der Waals surface area contributed by atoms with Crippen LogP contribution in [-0.2, 0) is 15.6 Å². The Morgan fingerprint density at radius 1 is 0.622 bits per heavy atom. The van der Waals surface area contributed by atoms with Crippen LogP contribution in [0.3, 0.4) is 0 Å². The van der Waals surface area contributed by atoms with Crippen LogP contribution in [0, 0.1) is 0 Å². The van der Waals surface area contributed by atoms with Crippen molar-refractivity contribution in [3.8, 4) is 0 Å². The summed E-state index contributed by atoms with van der Waals surface area (Å²) in [4.78, 5) is 13.9. The van der Waals surface area contributed by atoms with Gasteiger partial charge < -0.3 is 9.64 Å². The van der Waals surface area contributed by atoms with Crippen LogP contribution in [0.1, 0.15) is 74.1 Å². The van der Waals surface area contributed by atoms with Crippen molar-refractivity contribution in [2.75, 3.05) is 19.7 Å². The third-order valence-electron chi connectivity index (χ3n) is 9.44. The zero-order valence-electron chi connectivity index (χ0n) is 25.6. The Balaban J connectivity index is 0.000000182. The van der Waals surface area contributed by atoms with E-state index in [1.54, 1.807) is 4.90 Å². The number of carbonyl (C=O) groups is 1. The van der Waals surface area contributed by atoms with Gasteiger partial charge in [0, 0.05) is 42.9 Å². The van der Waals surface area contributed by atoms with Crippen LogP contribution in [0.25, 0.3) is 0 Å². The maximum atomic E-state index is 12.1. The van der Waals surface area contributed by atoms with Gasteiger partial charge in [-0.3, -0.25) is 0 Å². The first-order valence-electron chi connectivity index (χ1n) is 15.7. The molecule has 7 heteroatoms. The average Bonchev–Trinajstić information content (AvgIpc) is 3.07. The van der Waals surface area contributed by atoms with Crippen molar-refractivity contribution in [2.24, 2.45) is 0 Å². The summed E-state index contributed by atoms with van der Waals surface area (Å²) in [5.74, 6) is 0. The molecular weight excluding hydrogens is 733 g/mol. The number of carbonyl (C=O) groups excluding carboxylic acids is 1. The Morgan fingerprint density at radius 2 is 0.978 bits per heavy atom. The lowest BCUT2D eigenvalue weighted by Gasteiger charge is -2.42. The predicted octanol–water partition coefficient (Wildman–Crippen LogP) is 12.0. The van der Waals surface area contributed by atoms with Crippen LogP contribution in [-0.4, -0.2) is 30.7 Å². The van der Waals surface area contributed by atoms with Crippen LogP contribution in [0.2, 0.25) is 10.0 Å². The first-order chi connectivity index (χ1) is 21.8. The largest absolute Gasteiger partial charge is 0.450 e. The van der Waals surface area contributed by atoms with Crippen molar-refractivity contribution in [3.63, 3.8) is 0 Å². The van der Waals surface area contributed by atoms with Gasteiger partial charge in [0.15, 0.2) is 0 Å². The molecule has 6 rings (SSSR count). The highest BCUT2D eigenvalue weighted by atomic mass is 79.9.